The molecule has 210 valence electrons. The van der Waals surface area contributed by atoms with Gasteiger partial charge in [0.25, 0.3) is 0 Å². The maximum Gasteiger partial charge on any atom is 0.192 e. The van der Waals surface area contributed by atoms with Gasteiger partial charge in [-0.1, -0.05) is 96.7 Å². The van der Waals surface area contributed by atoms with Gasteiger partial charge in [-0.15, -0.1) is 0 Å². The summed E-state index contributed by atoms with van der Waals surface area (Å²) in [7, 11) is -3.16. The van der Waals surface area contributed by atoms with Gasteiger partial charge in [0.05, 0.1) is 23.7 Å². The van der Waals surface area contributed by atoms with E-state index in [0.717, 1.165) is 40.6 Å². The standard InChI is InChI=1S/C31H50N2O3Si2/c1-24(2)30(36-38(9,10)31(3,4)5)26-17-14-18-27-29(26)32-28(22-35-21-25-15-12-11-13-16-25)33(27)23-34-19-20-37(6,7)8/h11-18,24,30H,19-23H2,1-10H3. The number of ether oxygens (including phenoxy) is 2. The third-order valence-electron chi connectivity index (χ3n) is 7.59. The van der Waals surface area contributed by atoms with E-state index in [4.69, 9.17) is 18.9 Å². The Morgan fingerprint density at radius 2 is 1.55 bits per heavy atom. The molecular formula is C31H50N2O3Si2. The Bertz CT molecular complexity index is 1160. The molecule has 1 heterocycles. The average molecular weight is 555 g/mol. The molecule has 0 aliphatic heterocycles. The summed E-state index contributed by atoms with van der Waals surface area (Å²) in [5, 5.41) is 0.133. The Hall–Kier alpha value is -1.78. The molecule has 1 atom stereocenters. The summed E-state index contributed by atoms with van der Waals surface area (Å²) in [6.45, 7) is 25.4. The molecule has 38 heavy (non-hydrogen) atoms. The topological polar surface area (TPSA) is 45.5 Å². The first-order valence-electron chi connectivity index (χ1n) is 14.0. The van der Waals surface area contributed by atoms with Gasteiger partial charge in [-0.05, 0) is 41.7 Å². The predicted molar refractivity (Wildman–Crippen MR) is 165 cm³/mol. The third kappa shape index (κ3) is 8.12. The molecule has 3 aromatic rings. The van der Waals surface area contributed by atoms with Crippen molar-refractivity contribution >= 4 is 27.4 Å². The van der Waals surface area contributed by atoms with E-state index in [1.807, 2.05) is 18.2 Å². The van der Waals surface area contributed by atoms with Crippen LogP contribution in [-0.4, -0.2) is 32.5 Å². The summed E-state index contributed by atoms with van der Waals surface area (Å²) < 4.78 is 21.6. The van der Waals surface area contributed by atoms with E-state index in [-0.39, 0.29) is 11.1 Å². The van der Waals surface area contributed by atoms with Crippen LogP contribution in [0.2, 0.25) is 43.8 Å². The average Bonchev–Trinajstić information content (AvgIpc) is 3.17. The second kappa shape index (κ2) is 12.6. The first kappa shape index (κ1) is 30.8. The number of para-hydroxylation sites is 1. The Kier molecular flexibility index (Phi) is 10.2. The Labute approximate surface area is 233 Å². The molecule has 1 unspecified atom stereocenters. The Morgan fingerprint density at radius 3 is 2.16 bits per heavy atom. The van der Waals surface area contributed by atoms with Crippen molar-refractivity contribution in [3.8, 4) is 0 Å². The number of rotatable bonds is 13. The molecule has 0 saturated carbocycles. The van der Waals surface area contributed by atoms with Gasteiger partial charge < -0.3 is 18.5 Å². The lowest BCUT2D eigenvalue weighted by Crippen LogP contribution is -2.42. The van der Waals surface area contributed by atoms with Crippen LogP contribution in [0, 0.1) is 5.92 Å². The van der Waals surface area contributed by atoms with Crippen molar-refractivity contribution < 1.29 is 13.9 Å². The highest BCUT2D eigenvalue weighted by atomic mass is 28.4. The molecule has 7 heteroatoms. The number of benzene rings is 2. The molecule has 3 rings (SSSR count). The van der Waals surface area contributed by atoms with Gasteiger partial charge in [-0.2, -0.15) is 0 Å². The fourth-order valence-corrected chi connectivity index (χ4v) is 6.27. The zero-order valence-electron chi connectivity index (χ0n) is 25.4. The van der Waals surface area contributed by atoms with Crippen molar-refractivity contribution in [2.24, 2.45) is 5.92 Å². The first-order valence-corrected chi connectivity index (χ1v) is 20.7. The second-order valence-electron chi connectivity index (χ2n) is 13.5. The monoisotopic (exact) mass is 554 g/mol. The van der Waals surface area contributed by atoms with Crippen LogP contribution < -0.4 is 0 Å². The molecular weight excluding hydrogens is 505 g/mol. The third-order valence-corrected chi connectivity index (χ3v) is 13.7. The molecule has 0 fully saturated rings. The maximum absolute atomic E-state index is 7.01. The van der Waals surface area contributed by atoms with Gasteiger partial charge in [-0.25, -0.2) is 4.98 Å². The van der Waals surface area contributed by atoms with Gasteiger partial charge in [0.2, 0.25) is 0 Å². The van der Waals surface area contributed by atoms with E-state index < -0.39 is 16.4 Å². The predicted octanol–water partition coefficient (Wildman–Crippen LogP) is 8.78. The van der Waals surface area contributed by atoms with E-state index in [9.17, 15) is 0 Å². The van der Waals surface area contributed by atoms with Crippen molar-refractivity contribution in [3.05, 3.63) is 65.5 Å². The van der Waals surface area contributed by atoms with Gasteiger partial charge in [-0.3, -0.25) is 0 Å². The smallest absolute Gasteiger partial charge is 0.192 e. The Balaban J connectivity index is 1.95. The second-order valence-corrected chi connectivity index (χ2v) is 23.9. The Morgan fingerprint density at radius 1 is 0.868 bits per heavy atom. The lowest BCUT2D eigenvalue weighted by molar-refractivity contribution is 0.0695. The van der Waals surface area contributed by atoms with Crippen LogP contribution in [0.1, 0.15) is 57.7 Å². The fraction of sp³-hybridized carbons (Fsp3) is 0.581. The number of aromatic nitrogens is 2. The van der Waals surface area contributed by atoms with Gasteiger partial charge >= 0.3 is 0 Å². The molecule has 0 saturated heterocycles. The minimum atomic E-state index is -1.99. The fourth-order valence-electron chi connectivity index (χ4n) is 4.12. The molecule has 0 spiro atoms. The van der Waals surface area contributed by atoms with Crippen LogP contribution in [0.4, 0.5) is 0 Å². The molecule has 0 bridgehead atoms. The minimum absolute atomic E-state index is 0.0196. The summed E-state index contributed by atoms with van der Waals surface area (Å²) in [4.78, 5) is 5.17. The lowest BCUT2D eigenvalue weighted by atomic mass is 9.98. The largest absolute Gasteiger partial charge is 0.410 e. The number of hydrogen-bond donors (Lipinski definition) is 0. The molecule has 0 amide bonds. The van der Waals surface area contributed by atoms with E-state index in [2.05, 4.69) is 102 Å². The van der Waals surface area contributed by atoms with Gasteiger partial charge in [0.15, 0.2) is 8.32 Å². The van der Waals surface area contributed by atoms with Crippen LogP contribution >= 0.6 is 0 Å². The normalized spacial score (nSPS) is 14.0. The van der Waals surface area contributed by atoms with Crippen molar-refractivity contribution in [1.29, 1.82) is 0 Å². The SMILES string of the molecule is CC(C)C(O[Si](C)(C)C(C)(C)C)c1cccc2c1nc(COCc1ccccc1)n2COCC[Si](C)(C)C. The van der Waals surface area contributed by atoms with Crippen molar-refractivity contribution in [2.45, 2.75) is 104 Å². The van der Waals surface area contributed by atoms with Crippen LogP contribution in [0.5, 0.6) is 0 Å². The molecule has 0 N–H and O–H groups in total. The molecule has 0 aliphatic carbocycles. The van der Waals surface area contributed by atoms with Crippen LogP contribution in [0.15, 0.2) is 48.5 Å². The molecule has 2 aromatic carbocycles. The summed E-state index contributed by atoms with van der Waals surface area (Å²) in [5.74, 6) is 1.22. The van der Waals surface area contributed by atoms with E-state index in [0.29, 0.717) is 25.9 Å². The first-order chi connectivity index (χ1) is 17.7. The summed E-state index contributed by atoms with van der Waals surface area (Å²) in [6, 6.07) is 17.9. The maximum atomic E-state index is 7.01. The van der Waals surface area contributed by atoms with Crippen molar-refractivity contribution in [3.63, 3.8) is 0 Å². The number of nitrogens with zero attached hydrogens (tertiary/aromatic N) is 2. The minimum Gasteiger partial charge on any atom is -0.410 e. The number of fused-ring (bicyclic) bond motifs is 1. The summed E-state index contributed by atoms with van der Waals surface area (Å²) in [5.41, 5.74) is 4.40. The zero-order valence-corrected chi connectivity index (χ0v) is 27.4. The van der Waals surface area contributed by atoms with E-state index in [1.54, 1.807) is 0 Å². The molecule has 0 radical (unpaired) electrons. The molecule has 5 nitrogen and oxygen atoms in total. The summed E-state index contributed by atoms with van der Waals surface area (Å²) in [6.07, 6.45) is -0.0196. The van der Waals surface area contributed by atoms with Crippen molar-refractivity contribution in [2.75, 3.05) is 6.61 Å². The quantitative estimate of drug-likeness (QED) is 0.156. The number of imidazole rings is 1. The lowest BCUT2D eigenvalue weighted by Gasteiger charge is -2.40. The van der Waals surface area contributed by atoms with Crippen LogP contribution in [0.3, 0.4) is 0 Å². The number of hydrogen-bond acceptors (Lipinski definition) is 4. The van der Waals surface area contributed by atoms with Gasteiger partial charge in [0, 0.05) is 20.2 Å². The van der Waals surface area contributed by atoms with E-state index >= 15 is 0 Å². The van der Waals surface area contributed by atoms with Crippen LogP contribution in [0.25, 0.3) is 11.0 Å². The van der Waals surface area contributed by atoms with Crippen LogP contribution in [-0.2, 0) is 33.8 Å². The zero-order chi connectivity index (χ0) is 28.1. The van der Waals surface area contributed by atoms with Crippen molar-refractivity contribution in [1.82, 2.24) is 9.55 Å². The van der Waals surface area contributed by atoms with E-state index in [1.165, 1.54) is 0 Å². The highest BCUT2D eigenvalue weighted by Gasteiger charge is 2.40. The molecule has 0 aliphatic rings. The highest BCUT2D eigenvalue weighted by molar-refractivity contribution is 6.76. The molecule has 1 aromatic heterocycles. The van der Waals surface area contributed by atoms with Gasteiger partial charge in [0.1, 0.15) is 19.2 Å². The summed E-state index contributed by atoms with van der Waals surface area (Å²) >= 11 is 0. The highest BCUT2D eigenvalue weighted by Crippen LogP contribution is 2.42.